The molecule has 21 heavy (non-hydrogen) atoms. The molecular formula is C18H21BrClN. The Morgan fingerprint density at radius 3 is 2.67 bits per heavy atom. The van der Waals surface area contributed by atoms with Gasteiger partial charge in [-0.15, -0.1) is 0 Å². The van der Waals surface area contributed by atoms with Crippen LogP contribution in [0.5, 0.6) is 0 Å². The van der Waals surface area contributed by atoms with Gasteiger partial charge < -0.3 is 5.32 Å². The lowest BCUT2D eigenvalue weighted by Gasteiger charge is -2.21. The van der Waals surface area contributed by atoms with Gasteiger partial charge in [0.1, 0.15) is 0 Å². The van der Waals surface area contributed by atoms with E-state index in [-0.39, 0.29) is 6.04 Å². The van der Waals surface area contributed by atoms with Crippen LogP contribution in [-0.4, -0.2) is 6.54 Å². The first-order chi connectivity index (χ1) is 10.1. The molecule has 0 aromatic heterocycles. The second kappa shape index (κ2) is 7.98. The molecule has 0 amide bonds. The molecule has 0 saturated heterocycles. The molecule has 0 aliphatic heterocycles. The maximum absolute atomic E-state index is 6.18. The lowest BCUT2D eigenvalue weighted by atomic mass is 9.96. The summed E-state index contributed by atoms with van der Waals surface area (Å²) in [7, 11) is 0. The third kappa shape index (κ3) is 4.57. The van der Waals surface area contributed by atoms with Gasteiger partial charge in [-0.3, -0.25) is 0 Å². The molecule has 0 radical (unpaired) electrons. The van der Waals surface area contributed by atoms with Crippen molar-refractivity contribution in [1.29, 1.82) is 0 Å². The summed E-state index contributed by atoms with van der Waals surface area (Å²) < 4.78 is 1.11. The van der Waals surface area contributed by atoms with Gasteiger partial charge in [-0.05, 0) is 61.2 Å². The van der Waals surface area contributed by atoms with Crippen LogP contribution in [0.15, 0.2) is 46.9 Å². The van der Waals surface area contributed by atoms with Crippen LogP contribution in [0.2, 0.25) is 5.02 Å². The van der Waals surface area contributed by atoms with E-state index in [1.54, 1.807) is 0 Å². The number of nitrogens with one attached hydrogen (secondary N) is 1. The van der Waals surface area contributed by atoms with Crippen LogP contribution in [0.4, 0.5) is 0 Å². The molecule has 1 unspecified atom stereocenters. The highest BCUT2D eigenvalue weighted by Crippen LogP contribution is 2.29. The van der Waals surface area contributed by atoms with Gasteiger partial charge in [-0.2, -0.15) is 0 Å². The van der Waals surface area contributed by atoms with Crippen LogP contribution in [-0.2, 0) is 6.42 Å². The first-order valence-corrected chi connectivity index (χ1v) is 8.51. The van der Waals surface area contributed by atoms with Crippen molar-refractivity contribution in [3.63, 3.8) is 0 Å². The van der Waals surface area contributed by atoms with Crippen LogP contribution >= 0.6 is 27.5 Å². The summed E-state index contributed by atoms with van der Waals surface area (Å²) in [6.45, 7) is 5.35. The first-order valence-electron chi connectivity index (χ1n) is 7.34. The summed E-state index contributed by atoms with van der Waals surface area (Å²) in [6.07, 6.45) is 2.08. The van der Waals surface area contributed by atoms with E-state index in [0.29, 0.717) is 0 Å². The van der Waals surface area contributed by atoms with Crippen LogP contribution in [0.25, 0.3) is 0 Å². The summed E-state index contributed by atoms with van der Waals surface area (Å²) in [5.41, 5.74) is 3.93. The van der Waals surface area contributed by atoms with Crippen molar-refractivity contribution in [2.75, 3.05) is 6.54 Å². The Bertz CT molecular complexity index is 598. The number of benzene rings is 2. The molecule has 0 fully saturated rings. The predicted octanol–water partition coefficient (Wildman–Crippen LogP) is 5.69. The molecular weight excluding hydrogens is 346 g/mol. The molecule has 2 aromatic carbocycles. The fourth-order valence-corrected chi connectivity index (χ4v) is 3.15. The van der Waals surface area contributed by atoms with Crippen molar-refractivity contribution >= 4 is 27.5 Å². The second-order valence-electron chi connectivity index (χ2n) is 5.30. The fraction of sp³-hybridized carbons (Fsp3) is 0.333. The van der Waals surface area contributed by atoms with Crippen LogP contribution < -0.4 is 5.32 Å². The Hall–Kier alpha value is -0.830. The minimum atomic E-state index is 0.263. The van der Waals surface area contributed by atoms with Crippen molar-refractivity contribution in [2.24, 2.45) is 0 Å². The van der Waals surface area contributed by atoms with Crippen molar-refractivity contribution in [1.82, 2.24) is 5.32 Å². The lowest BCUT2D eigenvalue weighted by molar-refractivity contribution is 0.527. The highest BCUT2D eigenvalue weighted by molar-refractivity contribution is 9.10. The third-order valence-electron chi connectivity index (χ3n) is 3.66. The summed E-state index contributed by atoms with van der Waals surface area (Å²) in [4.78, 5) is 0. The second-order valence-corrected chi connectivity index (χ2v) is 6.59. The SMILES string of the molecule is CCCNC(Cc1ccccc1C)c1cc(Cl)ccc1Br. The lowest BCUT2D eigenvalue weighted by Crippen LogP contribution is -2.24. The van der Waals surface area contributed by atoms with E-state index in [9.17, 15) is 0 Å². The summed E-state index contributed by atoms with van der Waals surface area (Å²) in [6, 6.07) is 14.8. The molecule has 0 heterocycles. The number of hydrogen-bond acceptors (Lipinski definition) is 1. The van der Waals surface area contributed by atoms with Gasteiger partial charge in [-0.1, -0.05) is 58.7 Å². The highest BCUT2D eigenvalue weighted by atomic mass is 79.9. The molecule has 112 valence electrons. The molecule has 0 saturated carbocycles. The van der Waals surface area contributed by atoms with E-state index in [2.05, 4.69) is 65.4 Å². The molecule has 2 rings (SSSR count). The topological polar surface area (TPSA) is 12.0 Å². The number of rotatable bonds is 6. The smallest absolute Gasteiger partial charge is 0.0410 e. The molecule has 2 aromatic rings. The van der Waals surface area contributed by atoms with E-state index >= 15 is 0 Å². The zero-order valence-electron chi connectivity index (χ0n) is 12.5. The molecule has 0 bridgehead atoms. The van der Waals surface area contributed by atoms with Crippen molar-refractivity contribution in [3.8, 4) is 0 Å². The third-order valence-corrected chi connectivity index (χ3v) is 4.62. The van der Waals surface area contributed by atoms with Gasteiger partial charge in [0.15, 0.2) is 0 Å². The van der Waals surface area contributed by atoms with E-state index in [1.807, 2.05) is 12.1 Å². The van der Waals surface area contributed by atoms with Crippen LogP contribution in [0, 0.1) is 6.92 Å². The molecule has 1 nitrogen and oxygen atoms in total. The molecule has 0 aliphatic carbocycles. The Morgan fingerprint density at radius 2 is 1.95 bits per heavy atom. The Labute approximate surface area is 140 Å². The van der Waals surface area contributed by atoms with E-state index in [4.69, 9.17) is 11.6 Å². The molecule has 1 atom stereocenters. The number of halogens is 2. The molecule has 1 N–H and O–H groups in total. The van der Waals surface area contributed by atoms with Gasteiger partial charge in [0.2, 0.25) is 0 Å². The monoisotopic (exact) mass is 365 g/mol. The molecule has 0 spiro atoms. The van der Waals surface area contributed by atoms with Crippen molar-refractivity contribution in [2.45, 2.75) is 32.7 Å². The fourth-order valence-electron chi connectivity index (χ4n) is 2.45. The normalized spacial score (nSPS) is 12.4. The Balaban J connectivity index is 2.30. The predicted molar refractivity (Wildman–Crippen MR) is 95.1 cm³/mol. The Kier molecular flexibility index (Phi) is 6.28. The maximum atomic E-state index is 6.18. The quantitative estimate of drug-likeness (QED) is 0.692. The molecule has 3 heteroatoms. The number of aryl methyl sites for hydroxylation is 1. The van der Waals surface area contributed by atoms with E-state index in [1.165, 1.54) is 16.7 Å². The largest absolute Gasteiger partial charge is 0.310 e. The molecule has 0 aliphatic rings. The standard InChI is InChI=1S/C18H21BrClN/c1-3-10-21-18(11-14-7-5-4-6-13(14)2)16-12-15(20)8-9-17(16)19/h4-9,12,18,21H,3,10-11H2,1-2H3. The maximum Gasteiger partial charge on any atom is 0.0410 e. The van der Waals surface area contributed by atoms with Gasteiger partial charge in [0, 0.05) is 15.5 Å². The summed E-state index contributed by atoms with van der Waals surface area (Å²) in [5, 5.41) is 4.42. The van der Waals surface area contributed by atoms with Gasteiger partial charge in [-0.25, -0.2) is 0 Å². The van der Waals surface area contributed by atoms with E-state index < -0.39 is 0 Å². The summed E-state index contributed by atoms with van der Waals surface area (Å²) in [5.74, 6) is 0. The zero-order chi connectivity index (χ0) is 15.2. The minimum Gasteiger partial charge on any atom is -0.310 e. The van der Waals surface area contributed by atoms with Crippen molar-refractivity contribution in [3.05, 3.63) is 68.7 Å². The zero-order valence-corrected chi connectivity index (χ0v) is 14.8. The average Bonchev–Trinajstić information content (AvgIpc) is 2.48. The average molecular weight is 367 g/mol. The Morgan fingerprint density at radius 1 is 1.19 bits per heavy atom. The highest BCUT2D eigenvalue weighted by Gasteiger charge is 2.16. The summed E-state index contributed by atoms with van der Waals surface area (Å²) >= 11 is 9.84. The van der Waals surface area contributed by atoms with Gasteiger partial charge >= 0.3 is 0 Å². The van der Waals surface area contributed by atoms with Crippen LogP contribution in [0.1, 0.15) is 36.1 Å². The number of hydrogen-bond donors (Lipinski definition) is 1. The first kappa shape index (κ1) is 16.5. The minimum absolute atomic E-state index is 0.263. The van der Waals surface area contributed by atoms with Crippen molar-refractivity contribution < 1.29 is 0 Å². The van der Waals surface area contributed by atoms with Gasteiger partial charge in [0.25, 0.3) is 0 Å². The van der Waals surface area contributed by atoms with Gasteiger partial charge in [0.05, 0.1) is 0 Å². The van der Waals surface area contributed by atoms with Crippen LogP contribution in [0.3, 0.4) is 0 Å². The van der Waals surface area contributed by atoms with E-state index in [0.717, 1.165) is 28.9 Å².